The van der Waals surface area contributed by atoms with Gasteiger partial charge in [-0.05, 0) is 18.4 Å². The van der Waals surface area contributed by atoms with Crippen LogP contribution >= 0.6 is 35.0 Å². The third-order valence-corrected chi connectivity index (χ3v) is 2.87. The van der Waals surface area contributed by atoms with Gasteiger partial charge in [0, 0.05) is 0 Å². The average molecular weight is 250 g/mol. The topological polar surface area (TPSA) is 29.1 Å². The molecule has 0 saturated carbocycles. The average Bonchev–Trinajstić information content (AvgIpc) is 2.13. The van der Waals surface area contributed by atoms with Crippen LogP contribution in [0.1, 0.15) is 0 Å². The summed E-state index contributed by atoms with van der Waals surface area (Å²) in [6, 6.07) is 5.13. The fourth-order valence-corrected chi connectivity index (χ4v) is 1.60. The van der Waals surface area contributed by atoms with Crippen LogP contribution in [0.15, 0.2) is 18.2 Å². The molecule has 0 aliphatic rings. The molecule has 76 valence electrons. The van der Waals surface area contributed by atoms with Crippen LogP contribution in [0.3, 0.4) is 0 Å². The molecule has 0 spiro atoms. The summed E-state index contributed by atoms with van der Waals surface area (Å²) in [5.74, 6) is 0.324. The van der Waals surface area contributed by atoms with Crippen molar-refractivity contribution < 1.29 is 4.79 Å². The summed E-state index contributed by atoms with van der Waals surface area (Å²) in [5, 5.41) is 3.49. The van der Waals surface area contributed by atoms with Gasteiger partial charge < -0.3 is 5.32 Å². The highest BCUT2D eigenvalue weighted by Gasteiger charge is 2.06. The van der Waals surface area contributed by atoms with Gasteiger partial charge in [-0.3, -0.25) is 4.79 Å². The van der Waals surface area contributed by atoms with E-state index in [1.807, 2.05) is 6.26 Å². The number of rotatable bonds is 3. The minimum atomic E-state index is -0.0818. The Balaban J connectivity index is 2.76. The van der Waals surface area contributed by atoms with Gasteiger partial charge in [-0.1, -0.05) is 29.3 Å². The minimum Gasteiger partial charge on any atom is -0.324 e. The maximum Gasteiger partial charge on any atom is 0.234 e. The lowest BCUT2D eigenvalue weighted by atomic mass is 10.3. The SMILES string of the molecule is CSCC(=O)Nc1cccc(Cl)c1Cl. The quantitative estimate of drug-likeness (QED) is 0.891. The summed E-state index contributed by atoms with van der Waals surface area (Å²) in [7, 11) is 0. The molecule has 5 heteroatoms. The molecule has 1 N–H and O–H groups in total. The number of nitrogens with one attached hydrogen (secondary N) is 1. The number of amides is 1. The molecule has 1 aromatic rings. The molecule has 0 heterocycles. The smallest absolute Gasteiger partial charge is 0.234 e. The maximum absolute atomic E-state index is 11.2. The van der Waals surface area contributed by atoms with Crippen molar-refractivity contribution in [1.29, 1.82) is 0 Å². The van der Waals surface area contributed by atoms with Gasteiger partial charge in [0.15, 0.2) is 0 Å². The van der Waals surface area contributed by atoms with Crippen molar-refractivity contribution in [3.63, 3.8) is 0 Å². The van der Waals surface area contributed by atoms with Crippen molar-refractivity contribution in [3.05, 3.63) is 28.2 Å². The molecule has 0 aliphatic carbocycles. The lowest BCUT2D eigenvalue weighted by Gasteiger charge is -2.06. The molecule has 0 radical (unpaired) electrons. The van der Waals surface area contributed by atoms with Crippen molar-refractivity contribution in [2.75, 3.05) is 17.3 Å². The van der Waals surface area contributed by atoms with Crippen LogP contribution in [0.4, 0.5) is 5.69 Å². The number of carbonyl (C=O) groups is 1. The molecular formula is C9H9Cl2NOS. The summed E-state index contributed by atoms with van der Waals surface area (Å²) < 4.78 is 0. The number of benzene rings is 1. The molecule has 0 fully saturated rings. The van der Waals surface area contributed by atoms with Crippen LogP contribution in [-0.4, -0.2) is 17.9 Å². The van der Waals surface area contributed by atoms with Gasteiger partial charge in [0.25, 0.3) is 0 Å². The van der Waals surface area contributed by atoms with E-state index in [0.29, 0.717) is 21.5 Å². The van der Waals surface area contributed by atoms with Crippen molar-refractivity contribution in [2.24, 2.45) is 0 Å². The first-order valence-electron chi connectivity index (χ1n) is 3.88. The van der Waals surface area contributed by atoms with E-state index in [2.05, 4.69) is 5.32 Å². The van der Waals surface area contributed by atoms with Crippen LogP contribution in [-0.2, 0) is 4.79 Å². The summed E-state index contributed by atoms with van der Waals surface area (Å²) in [6.45, 7) is 0. The van der Waals surface area contributed by atoms with E-state index < -0.39 is 0 Å². The molecule has 0 saturated heterocycles. The second-order valence-electron chi connectivity index (χ2n) is 2.58. The fourth-order valence-electron chi connectivity index (χ4n) is 0.918. The molecule has 2 nitrogen and oxygen atoms in total. The lowest BCUT2D eigenvalue weighted by molar-refractivity contribution is -0.113. The van der Waals surface area contributed by atoms with Crippen LogP contribution in [0.5, 0.6) is 0 Å². The van der Waals surface area contributed by atoms with E-state index >= 15 is 0 Å². The van der Waals surface area contributed by atoms with Gasteiger partial charge in [-0.2, -0.15) is 11.8 Å². The Morgan fingerprint density at radius 2 is 2.21 bits per heavy atom. The molecular weight excluding hydrogens is 241 g/mol. The van der Waals surface area contributed by atoms with Crippen molar-refractivity contribution in [1.82, 2.24) is 0 Å². The fraction of sp³-hybridized carbons (Fsp3) is 0.222. The van der Waals surface area contributed by atoms with Gasteiger partial charge in [0.2, 0.25) is 5.91 Å². The molecule has 0 aromatic heterocycles. The van der Waals surface area contributed by atoms with E-state index in [4.69, 9.17) is 23.2 Å². The third kappa shape index (κ3) is 3.08. The molecule has 0 atom stereocenters. The van der Waals surface area contributed by atoms with Crippen LogP contribution in [0.25, 0.3) is 0 Å². The normalized spacial score (nSPS) is 9.93. The first-order valence-corrected chi connectivity index (χ1v) is 6.03. The Labute approximate surface area is 97.0 Å². The van der Waals surface area contributed by atoms with Gasteiger partial charge in [0.1, 0.15) is 0 Å². The zero-order chi connectivity index (χ0) is 10.6. The summed E-state index contributed by atoms with van der Waals surface area (Å²) >= 11 is 13.1. The van der Waals surface area contributed by atoms with Crippen molar-refractivity contribution in [2.45, 2.75) is 0 Å². The van der Waals surface area contributed by atoms with E-state index in [9.17, 15) is 4.79 Å². The van der Waals surface area contributed by atoms with Crippen LogP contribution < -0.4 is 5.32 Å². The monoisotopic (exact) mass is 249 g/mol. The standard InChI is InChI=1S/C9H9Cl2NOS/c1-14-5-8(13)12-7-4-2-3-6(10)9(7)11/h2-4H,5H2,1H3,(H,12,13). The molecule has 1 amide bonds. The Morgan fingerprint density at radius 1 is 1.50 bits per heavy atom. The summed E-state index contributed by atoms with van der Waals surface area (Å²) in [5.41, 5.74) is 0.554. The van der Waals surface area contributed by atoms with Crippen molar-refractivity contribution >= 4 is 46.6 Å². The number of hydrogen-bond acceptors (Lipinski definition) is 2. The Bertz CT molecular complexity index is 344. The lowest BCUT2D eigenvalue weighted by Crippen LogP contribution is -2.14. The van der Waals surface area contributed by atoms with E-state index in [1.165, 1.54) is 11.8 Å². The second-order valence-corrected chi connectivity index (χ2v) is 4.23. The maximum atomic E-state index is 11.2. The highest BCUT2D eigenvalue weighted by atomic mass is 35.5. The minimum absolute atomic E-state index is 0.0818. The Hall–Kier alpha value is -0.380. The first-order chi connectivity index (χ1) is 6.65. The molecule has 0 bridgehead atoms. The number of hydrogen-bond donors (Lipinski definition) is 1. The highest BCUT2D eigenvalue weighted by molar-refractivity contribution is 7.99. The summed E-state index contributed by atoms with van der Waals surface area (Å²) in [4.78, 5) is 11.2. The Morgan fingerprint density at radius 3 is 2.86 bits per heavy atom. The van der Waals surface area contributed by atoms with E-state index in [-0.39, 0.29) is 5.91 Å². The van der Waals surface area contributed by atoms with Gasteiger partial charge in [-0.25, -0.2) is 0 Å². The highest BCUT2D eigenvalue weighted by Crippen LogP contribution is 2.29. The van der Waals surface area contributed by atoms with Gasteiger partial charge in [-0.15, -0.1) is 0 Å². The number of carbonyl (C=O) groups excluding carboxylic acids is 1. The number of halogens is 2. The molecule has 0 aliphatic heterocycles. The molecule has 14 heavy (non-hydrogen) atoms. The van der Waals surface area contributed by atoms with Crippen LogP contribution in [0.2, 0.25) is 10.0 Å². The second kappa shape index (κ2) is 5.49. The van der Waals surface area contributed by atoms with Crippen molar-refractivity contribution in [3.8, 4) is 0 Å². The largest absolute Gasteiger partial charge is 0.324 e. The molecule has 0 unspecified atom stereocenters. The summed E-state index contributed by atoms with van der Waals surface area (Å²) in [6.07, 6.45) is 1.86. The Kier molecular flexibility index (Phi) is 4.58. The number of anilines is 1. The zero-order valence-corrected chi connectivity index (χ0v) is 9.84. The third-order valence-electron chi connectivity index (χ3n) is 1.50. The predicted molar refractivity (Wildman–Crippen MR) is 63.5 cm³/mol. The van der Waals surface area contributed by atoms with Gasteiger partial charge in [0.05, 0.1) is 21.5 Å². The van der Waals surface area contributed by atoms with E-state index in [1.54, 1.807) is 18.2 Å². The molecule has 1 rings (SSSR count). The zero-order valence-electron chi connectivity index (χ0n) is 7.51. The first kappa shape index (κ1) is 11.7. The van der Waals surface area contributed by atoms with Crippen LogP contribution in [0, 0.1) is 0 Å². The predicted octanol–water partition coefficient (Wildman–Crippen LogP) is 3.29. The molecule has 1 aromatic carbocycles. The van der Waals surface area contributed by atoms with Gasteiger partial charge >= 0.3 is 0 Å². The number of thioether (sulfide) groups is 1. The van der Waals surface area contributed by atoms with E-state index in [0.717, 1.165) is 0 Å².